The molecule has 0 fully saturated rings. The van der Waals surface area contributed by atoms with E-state index in [1.54, 1.807) is 30.5 Å². The molecule has 38 heavy (non-hydrogen) atoms. The van der Waals surface area contributed by atoms with E-state index in [1.165, 1.54) is 21.6 Å². The Kier molecular flexibility index (Phi) is 5.52. The van der Waals surface area contributed by atoms with Crippen molar-refractivity contribution >= 4 is 27.8 Å². The first kappa shape index (κ1) is 23.8. The van der Waals surface area contributed by atoms with E-state index in [2.05, 4.69) is 11.1 Å². The fourth-order valence-electron chi connectivity index (χ4n) is 5.67. The zero-order valence-corrected chi connectivity index (χ0v) is 21.4. The predicted octanol–water partition coefficient (Wildman–Crippen LogP) is 3.43. The summed E-state index contributed by atoms with van der Waals surface area (Å²) in [5.41, 5.74) is 4.67. The molecule has 0 saturated carbocycles. The lowest BCUT2D eigenvalue weighted by Gasteiger charge is -2.29. The molecule has 1 aliphatic heterocycles. The first-order valence-corrected chi connectivity index (χ1v) is 12.6. The number of amides is 1. The fourth-order valence-corrected chi connectivity index (χ4v) is 5.67. The lowest BCUT2D eigenvalue weighted by atomic mass is 9.90. The summed E-state index contributed by atoms with van der Waals surface area (Å²) in [4.78, 5) is 43.9. The Morgan fingerprint density at radius 1 is 1.08 bits per heavy atom. The van der Waals surface area contributed by atoms with Gasteiger partial charge in [-0.2, -0.15) is 0 Å². The summed E-state index contributed by atoms with van der Waals surface area (Å²) in [6.07, 6.45) is 0.723. The van der Waals surface area contributed by atoms with Gasteiger partial charge in [-0.15, -0.1) is 0 Å². The van der Waals surface area contributed by atoms with Crippen LogP contribution in [0.15, 0.2) is 62.5 Å². The average Bonchev–Trinajstić information content (AvgIpc) is 3.39. The van der Waals surface area contributed by atoms with E-state index in [9.17, 15) is 19.5 Å². The van der Waals surface area contributed by atoms with Crippen LogP contribution in [0.2, 0.25) is 0 Å². The molecule has 9 heteroatoms. The van der Waals surface area contributed by atoms with E-state index in [1.807, 2.05) is 36.4 Å². The van der Waals surface area contributed by atoms with Gasteiger partial charge in [0, 0.05) is 49.7 Å². The molecule has 3 aromatic heterocycles. The number of fused-ring (bicyclic) bond motifs is 4. The molecule has 9 nitrogen and oxygen atoms in total. The van der Waals surface area contributed by atoms with Crippen molar-refractivity contribution < 1.29 is 14.3 Å². The van der Waals surface area contributed by atoms with Crippen molar-refractivity contribution in [1.29, 1.82) is 0 Å². The van der Waals surface area contributed by atoms with Gasteiger partial charge in [0.2, 0.25) is 17.1 Å². The lowest BCUT2D eigenvalue weighted by molar-refractivity contribution is -0.132. The minimum absolute atomic E-state index is 0.0121. The summed E-state index contributed by atoms with van der Waals surface area (Å²) in [6, 6.07) is 14.8. The molecular weight excluding hydrogens is 484 g/mol. The van der Waals surface area contributed by atoms with Gasteiger partial charge in [0.25, 0.3) is 0 Å². The molecule has 0 aliphatic carbocycles. The highest BCUT2D eigenvalue weighted by Crippen LogP contribution is 2.36. The predicted molar refractivity (Wildman–Crippen MR) is 143 cm³/mol. The molecule has 194 valence electrons. The first-order valence-electron chi connectivity index (χ1n) is 12.6. The van der Waals surface area contributed by atoms with E-state index in [0.717, 1.165) is 23.1 Å². The Bertz CT molecular complexity index is 1850. The molecule has 0 spiro atoms. The van der Waals surface area contributed by atoms with Crippen molar-refractivity contribution in [2.75, 3.05) is 6.54 Å². The quantitative estimate of drug-likeness (QED) is 0.383. The summed E-state index contributed by atoms with van der Waals surface area (Å²) in [6.45, 7) is 2.65. The first-order chi connectivity index (χ1) is 18.2. The van der Waals surface area contributed by atoms with Crippen LogP contribution in [-0.4, -0.2) is 36.6 Å². The molecule has 2 aromatic carbocycles. The molecule has 6 rings (SSSR count). The van der Waals surface area contributed by atoms with Gasteiger partial charge in [-0.25, -0.2) is 4.79 Å². The number of nitrogens with one attached hydrogen (secondary N) is 1. The smallest absolute Gasteiger partial charge is 0.328 e. The van der Waals surface area contributed by atoms with Crippen molar-refractivity contribution in [1.82, 2.24) is 19.0 Å². The summed E-state index contributed by atoms with van der Waals surface area (Å²) in [7, 11) is 3.38. The fraction of sp³-hybridized carbons (Fsp3) is 0.276. The van der Waals surface area contributed by atoms with Gasteiger partial charge < -0.3 is 19.4 Å². The Labute approximate surface area is 217 Å². The standard InChI is InChI=1S/C29H28N4O5/c1-16-12-25(34)27(36)28(38-16)20(17-8-9-23-24(13-17)32(3)29(37)31(23)2)14-26(35)33-11-10-19-18-6-4-5-7-21(18)30-22(19)15-33/h4-9,12-13,20,30,36H,10-11,14-15H2,1-3H3/t20-/m1/s1. The molecule has 1 atom stereocenters. The number of hydrogen-bond acceptors (Lipinski definition) is 5. The van der Waals surface area contributed by atoms with E-state index in [0.29, 0.717) is 29.9 Å². The second-order valence-electron chi connectivity index (χ2n) is 10.0. The van der Waals surface area contributed by atoms with Crippen LogP contribution in [0.1, 0.15) is 40.7 Å². The highest BCUT2D eigenvalue weighted by molar-refractivity contribution is 5.86. The van der Waals surface area contributed by atoms with E-state index < -0.39 is 17.1 Å². The highest BCUT2D eigenvalue weighted by atomic mass is 16.4. The summed E-state index contributed by atoms with van der Waals surface area (Å²) in [5.74, 6) is -0.961. The van der Waals surface area contributed by atoms with Gasteiger partial charge in [-0.05, 0) is 42.7 Å². The van der Waals surface area contributed by atoms with Gasteiger partial charge >= 0.3 is 5.69 Å². The number of carbonyl (C=O) groups is 1. The second-order valence-corrected chi connectivity index (χ2v) is 10.0. The zero-order chi connectivity index (χ0) is 26.7. The third-order valence-corrected chi connectivity index (χ3v) is 7.70. The van der Waals surface area contributed by atoms with Crippen LogP contribution in [0, 0.1) is 6.92 Å². The molecule has 1 aliphatic rings. The molecule has 4 heterocycles. The minimum Gasteiger partial charge on any atom is -0.502 e. The lowest BCUT2D eigenvalue weighted by Crippen LogP contribution is -2.36. The molecule has 5 aromatic rings. The van der Waals surface area contributed by atoms with Crippen LogP contribution in [-0.2, 0) is 31.9 Å². The summed E-state index contributed by atoms with van der Waals surface area (Å²) >= 11 is 0. The number of hydrogen-bond donors (Lipinski definition) is 2. The number of rotatable bonds is 4. The van der Waals surface area contributed by atoms with Gasteiger partial charge in [-0.1, -0.05) is 24.3 Å². The number of carbonyl (C=O) groups excluding carboxylic acids is 1. The van der Waals surface area contributed by atoms with Crippen molar-refractivity contribution in [3.8, 4) is 5.75 Å². The Morgan fingerprint density at radius 3 is 2.66 bits per heavy atom. The maximum absolute atomic E-state index is 13.7. The summed E-state index contributed by atoms with van der Waals surface area (Å²) < 4.78 is 8.94. The number of aromatic hydroxyl groups is 1. The molecule has 2 N–H and O–H groups in total. The zero-order valence-electron chi connectivity index (χ0n) is 21.4. The van der Waals surface area contributed by atoms with Crippen molar-refractivity contribution in [2.24, 2.45) is 14.1 Å². The molecule has 0 bridgehead atoms. The van der Waals surface area contributed by atoms with Crippen LogP contribution in [0.25, 0.3) is 21.9 Å². The van der Waals surface area contributed by atoms with Crippen LogP contribution in [0.5, 0.6) is 5.75 Å². The topological polar surface area (TPSA) is 113 Å². The van der Waals surface area contributed by atoms with Gasteiger partial charge in [0.1, 0.15) is 5.76 Å². The molecule has 0 saturated heterocycles. The third-order valence-electron chi connectivity index (χ3n) is 7.70. The van der Waals surface area contributed by atoms with Crippen molar-refractivity contribution in [2.45, 2.75) is 32.2 Å². The maximum atomic E-state index is 13.7. The van der Waals surface area contributed by atoms with Gasteiger partial charge in [-0.3, -0.25) is 18.7 Å². The third kappa shape index (κ3) is 3.73. The van der Waals surface area contributed by atoms with E-state index in [-0.39, 0.29) is 23.8 Å². The van der Waals surface area contributed by atoms with Gasteiger partial charge in [0.15, 0.2) is 5.76 Å². The van der Waals surface area contributed by atoms with Gasteiger partial charge in [0.05, 0.1) is 23.5 Å². The minimum atomic E-state index is -0.723. The average molecular weight is 513 g/mol. The number of aromatic nitrogens is 3. The number of aromatic amines is 1. The number of benzene rings is 2. The molecule has 1 amide bonds. The largest absolute Gasteiger partial charge is 0.502 e. The van der Waals surface area contributed by atoms with Crippen LogP contribution >= 0.6 is 0 Å². The maximum Gasteiger partial charge on any atom is 0.328 e. The number of nitrogens with zero attached hydrogens (tertiary/aromatic N) is 3. The normalized spacial score (nSPS) is 14.2. The van der Waals surface area contributed by atoms with Crippen molar-refractivity contribution in [3.63, 3.8) is 0 Å². The van der Waals surface area contributed by atoms with E-state index in [4.69, 9.17) is 4.42 Å². The monoisotopic (exact) mass is 512 g/mol. The molecule has 0 unspecified atom stereocenters. The number of imidazole rings is 1. The van der Waals surface area contributed by atoms with Crippen LogP contribution in [0.3, 0.4) is 0 Å². The Hall–Kier alpha value is -4.53. The SMILES string of the molecule is Cc1cc(=O)c(O)c([C@H](CC(=O)N2CCc3c([nH]c4ccccc34)C2)c2ccc3c(c2)n(C)c(=O)n3C)o1. The van der Waals surface area contributed by atoms with Crippen LogP contribution < -0.4 is 11.1 Å². The van der Waals surface area contributed by atoms with Crippen LogP contribution in [0.4, 0.5) is 0 Å². The number of aryl methyl sites for hydroxylation is 3. The second kappa shape index (κ2) is 8.79. The number of H-pyrrole nitrogens is 1. The molecular formula is C29H28N4O5. The number of para-hydroxylation sites is 1. The van der Waals surface area contributed by atoms with E-state index >= 15 is 0 Å². The molecule has 0 radical (unpaired) electrons. The Balaban J connectivity index is 1.39. The Morgan fingerprint density at radius 2 is 1.84 bits per heavy atom. The summed E-state index contributed by atoms with van der Waals surface area (Å²) in [5, 5.41) is 11.9. The highest BCUT2D eigenvalue weighted by Gasteiger charge is 2.30. The van der Waals surface area contributed by atoms with Crippen molar-refractivity contribution in [3.05, 3.63) is 97.6 Å².